The van der Waals surface area contributed by atoms with Crippen molar-refractivity contribution in [2.45, 2.75) is 0 Å². The van der Waals surface area contributed by atoms with Gasteiger partial charge in [-0.3, -0.25) is 10.9 Å². The molecule has 0 unspecified atom stereocenters. The van der Waals surface area contributed by atoms with Crippen LogP contribution in [0.5, 0.6) is 5.75 Å². The molecule has 0 spiro atoms. The molecule has 0 saturated heterocycles. The molecule has 2 aromatic rings. The lowest BCUT2D eigenvalue weighted by atomic mass is 10.2. The lowest BCUT2D eigenvalue weighted by Gasteiger charge is -2.15. The molecule has 0 radical (unpaired) electrons. The molecule has 3 rings (SSSR count). The third-order valence-electron chi connectivity index (χ3n) is 3.06. The lowest BCUT2D eigenvalue weighted by Crippen LogP contribution is -2.34. The van der Waals surface area contributed by atoms with E-state index in [4.69, 9.17) is 9.84 Å². The summed E-state index contributed by atoms with van der Waals surface area (Å²) in [5.74, 6) is 1.94. The largest absolute Gasteiger partial charge is 0.491 e. The van der Waals surface area contributed by atoms with Crippen LogP contribution in [0.2, 0.25) is 0 Å². The summed E-state index contributed by atoms with van der Waals surface area (Å²) in [6.07, 6.45) is 0. The number of nitrogens with one attached hydrogen (secondary N) is 2. The molecule has 22 heavy (non-hydrogen) atoms. The van der Waals surface area contributed by atoms with E-state index in [0.29, 0.717) is 17.4 Å². The molecule has 0 aliphatic carbocycles. The van der Waals surface area contributed by atoms with Gasteiger partial charge in [0.15, 0.2) is 11.7 Å². The molecule has 0 saturated carbocycles. The van der Waals surface area contributed by atoms with Crippen molar-refractivity contribution in [2.24, 2.45) is 10.2 Å². The van der Waals surface area contributed by atoms with Crippen LogP contribution in [0.15, 0.2) is 64.8 Å². The molecule has 0 atom stereocenters. The molecule has 6 nitrogen and oxygen atoms in total. The monoisotopic (exact) mass is 296 g/mol. The molecule has 6 heteroatoms. The number of aliphatic hydroxyl groups is 1. The van der Waals surface area contributed by atoms with Crippen LogP contribution in [0, 0.1) is 0 Å². The van der Waals surface area contributed by atoms with Gasteiger partial charge in [0.2, 0.25) is 0 Å². The predicted octanol–water partition coefficient (Wildman–Crippen LogP) is 1.27. The molecule has 0 bridgehead atoms. The van der Waals surface area contributed by atoms with E-state index < -0.39 is 0 Å². The average molecular weight is 296 g/mol. The predicted molar refractivity (Wildman–Crippen MR) is 84.8 cm³/mol. The van der Waals surface area contributed by atoms with Gasteiger partial charge >= 0.3 is 0 Å². The summed E-state index contributed by atoms with van der Waals surface area (Å²) in [5, 5.41) is 17.4. The Balaban J connectivity index is 1.72. The van der Waals surface area contributed by atoms with Gasteiger partial charge in [-0.15, -0.1) is 0 Å². The summed E-state index contributed by atoms with van der Waals surface area (Å²) >= 11 is 0. The van der Waals surface area contributed by atoms with Gasteiger partial charge in [-0.2, -0.15) is 10.2 Å². The lowest BCUT2D eigenvalue weighted by molar-refractivity contribution is 0.201. The van der Waals surface area contributed by atoms with Crippen LogP contribution in [-0.2, 0) is 0 Å². The molecule has 0 fully saturated rings. The molecular formula is C16H16N4O2. The van der Waals surface area contributed by atoms with Crippen molar-refractivity contribution in [3.63, 3.8) is 0 Å². The number of hydrazone groups is 2. The normalized spacial score (nSPS) is 13.5. The maximum Gasteiger partial charge on any atom is 0.173 e. The van der Waals surface area contributed by atoms with Crippen LogP contribution in [0.1, 0.15) is 11.1 Å². The van der Waals surface area contributed by atoms with Crippen LogP contribution < -0.4 is 15.6 Å². The highest BCUT2D eigenvalue weighted by Crippen LogP contribution is 2.14. The second-order valence-corrected chi connectivity index (χ2v) is 4.61. The SMILES string of the molecule is OCCOc1cccc(C2=NNC(c3ccccc3)=NN2)c1. The van der Waals surface area contributed by atoms with Crippen molar-refractivity contribution in [3.05, 3.63) is 65.7 Å². The first-order chi connectivity index (χ1) is 10.9. The fourth-order valence-electron chi connectivity index (χ4n) is 2.02. The van der Waals surface area contributed by atoms with Crippen molar-refractivity contribution >= 4 is 11.7 Å². The summed E-state index contributed by atoms with van der Waals surface area (Å²) in [6.45, 7) is 0.244. The Labute approximate surface area is 128 Å². The van der Waals surface area contributed by atoms with Gasteiger partial charge in [0, 0.05) is 11.1 Å². The van der Waals surface area contributed by atoms with Crippen LogP contribution in [0.3, 0.4) is 0 Å². The van der Waals surface area contributed by atoms with Gasteiger partial charge in [0.1, 0.15) is 12.4 Å². The van der Waals surface area contributed by atoms with Crippen molar-refractivity contribution in [3.8, 4) is 5.75 Å². The molecule has 112 valence electrons. The molecular weight excluding hydrogens is 280 g/mol. The molecule has 0 aromatic heterocycles. The Morgan fingerprint density at radius 1 is 0.864 bits per heavy atom. The number of nitrogens with zero attached hydrogens (tertiary/aromatic N) is 2. The third-order valence-corrected chi connectivity index (χ3v) is 3.06. The fourth-order valence-corrected chi connectivity index (χ4v) is 2.02. The first-order valence-corrected chi connectivity index (χ1v) is 6.94. The molecule has 1 aliphatic heterocycles. The molecule has 2 aromatic carbocycles. The highest BCUT2D eigenvalue weighted by atomic mass is 16.5. The molecule has 0 amide bonds. The summed E-state index contributed by atoms with van der Waals surface area (Å²) in [4.78, 5) is 0. The van der Waals surface area contributed by atoms with E-state index in [1.165, 1.54) is 0 Å². The molecule has 3 N–H and O–H groups in total. The Morgan fingerprint density at radius 3 is 2.23 bits per heavy atom. The van der Waals surface area contributed by atoms with Crippen LogP contribution in [0.25, 0.3) is 0 Å². The van der Waals surface area contributed by atoms with Crippen LogP contribution >= 0.6 is 0 Å². The number of hydrogen-bond acceptors (Lipinski definition) is 6. The Morgan fingerprint density at radius 2 is 1.55 bits per heavy atom. The molecule has 1 heterocycles. The highest BCUT2D eigenvalue weighted by Gasteiger charge is 2.11. The van der Waals surface area contributed by atoms with Gasteiger partial charge in [-0.05, 0) is 12.1 Å². The van der Waals surface area contributed by atoms with Crippen molar-refractivity contribution < 1.29 is 9.84 Å². The standard InChI is InChI=1S/C16H16N4O2/c21-9-10-22-14-8-4-7-13(11-14)16-19-17-15(18-20-16)12-5-2-1-3-6-12/h1-8,11,21H,9-10H2,(H,17,18)(H,19,20). The highest BCUT2D eigenvalue weighted by molar-refractivity contribution is 6.06. The number of aliphatic hydroxyl groups excluding tert-OH is 1. The van der Waals surface area contributed by atoms with Crippen molar-refractivity contribution in [2.75, 3.05) is 13.2 Å². The minimum Gasteiger partial charge on any atom is -0.491 e. The van der Waals surface area contributed by atoms with Gasteiger partial charge in [0.05, 0.1) is 6.61 Å². The van der Waals surface area contributed by atoms with Gasteiger partial charge in [0.25, 0.3) is 0 Å². The van der Waals surface area contributed by atoms with Crippen molar-refractivity contribution in [1.82, 2.24) is 10.9 Å². The summed E-state index contributed by atoms with van der Waals surface area (Å²) in [7, 11) is 0. The van der Waals surface area contributed by atoms with Crippen molar-refractivity contribution in [1.29, 1.82) is 0 Å². The smallest absolute Gasteiger partial charge is 0.173 e. The first kappa shape index (κ1) is 14.1. The second kappa shape index (κ2) is 6.73. The summed E-state index contributed by atoms with van der Waals surface area (Å²) < 4.78 is 5.39. The van der Waals surface area contributed by atoms with Crippen LogP contribution in [-0.4, -0.2) is 30.0 Å². The number of ether oxygens (including phenoxy) is 1. The van der Waals surface area contributed by atoms with E-state index >= 15 is 0 Å². The third kappa shape index (κ3) is 3.24. The van der Waals surface area contributed by atoms with E-state index in [9.17, 15) is 0 Å². The van der Waals surface area contributed by atoms with Gasteiger partial charge in [-0.1, -0.05) is 42.5 Å². The zero-order chi connectivity index (χ0) is 15.2. The number of hydrogen-bond donors (Lipinski definition) is 3. The second-order valence-electron chi connectivity index (χ2n) is 4.61. The Kier molecular flexibility index (Phi) is 4.31. The Hall–Kier alpha value is -2.86. The maximum absolute atomic E-state index is 8.79. The van der Waals surface area contributed by atoms with E-state index in [0.717, 1.165) is 11.1 Å². The number of amidine groups is 2. The summed E-state index contributed by atoms with van der Waals surface area (Å²) in [6, 6.07) is 17.2. The minimum absolute atomic E-state index is 0.0181. The van der Waals surface area contributed by atoms with E-state index in [-0.39, 0.29) is 13.2 Å². The zero-order valence-corrected chi connectivity index (χ0v) is 11.9. The number of benzene rings is 2. The fraction of sp³-hybridized carbons (Fsp3) is 0.125. The quantitative estimate of drug-likeness (QED) is 0.776. The molecule has 1 aliphatic rings. The van der Waals surface area contributed by atoms with Crippen LogP contribution in [0.4, 0.5) is 0 Å². The minimum atomic E-state index is -0.0181. The van der Waals surface area contributed by atoms with E-state index in [1.807, 2.05) is 54.6 Å². The Bertz CT molecular complexity index is 698. The summed E-state index contributed by atoms with van der Waals surface area (Å²) in [5.41, 5.74) is 7.68. The van der Waals surface area contributed by atoms with Gasteiger partial charge < -0.3 is 9.84 Å². The van der Waals surface area contributed by atoms with E-state index in [1.54, 1.807) is 0 Å². The maximum atomic E-state index is 8.79. The zero-order valence-electron chi connectivity index (χ0n) is 11.9. The topological polar surface area (TPSA) is 78.2 Å². The number of rotatable bonds is 5. The first-order valence-electron chi connectivity index (χ1n) is 6.94. The van der Waals surface area contributed by atoms with E-state index in [2.05, 4.69) is 21.1 Å². The van der Waals surface area contributed by atoms with Gasteiger partial charge in [-0.25, -0.2) is 0 Å². The average Bonchev–Trinajstić information content (AvgIpc) is 2.61.